The fourth-order valence-electron chi connectivity index (χ4n) is 5.18. The fourth-order valence-corrected chi connectivity index (χ4v) is 6.01. The lowest BCUT2D eigenvalue weighted by atomic mass is 9.86. The second kappa shape index (κ2) is 9.54. The molecule has 0 amide bonds. The summed E-state index contributed by atoms with van der Waals surface area (Å²) in [6, 6.07) is 4.43. The number of aryl methyl sites for hydroxylation is 1. The average molecular weight is 555 g/mol. The van der Waals surface area contributed by atoms with Crippen LogP contribution < -0.4 is 4.90 Å². The van der Waals surface area contributed by atoms with Crippen LogP contribution in [0.1, 0.15) is 41.1 Å². The molecule has 1 fully saturated rings. The van der Waals surface area contributed by atoms with Crippen molar-refractivity contribution >= 4 is 64.1 Å². The molecule has 1 aliphatic carbocycles. The van der Waals surface area contributed by atoms with Crippen LogP contribution in [0.4, 0.5) is 5.82 Å². The summed E-state index contributed by atoms with van der Waals surface area (Å²) in [5.74, 6) is 1.57. The first-order chi connectivity index (χ1) is 15.6. The van der Waals surface area contributed by atoms with Crippen molar-refractivity contribution < 1.29 is 0 Å². The van der Waals surface area contributed by atoms with Crippen LogP contribution in [0.5, 0.6) is 0 Å². The van der Waals surface area contributed by atoms with Crippen LogP contribution in [0.25, 0.3) is 10.9 Å². The van der Waals surface area contributed by atoms with Gasteiger partial charge < -0.3 is 14.3 Å². The smallest absolute Gasteiger partial charge is 0.354 e. The number of thioether (sulfide) groups is 1. The Labute approximate surface area is 209 Å². The molecule has 2 aliphatic rings. The Morgan fingerprint density at radius 2 is 2.00 bits per heavy atom. The summed E-state index contributed by atoms with van der Waals surface area (Å²) in [5, 5.41) is 8.72. The maximum atomic E-state index is 6.01. The maximum absolute atomic E-state index is 6.01. The van der Waals surface area contributed by atoms with Crippen LogP contribution in [-0.4, -0.2) is 70.2 Å². The van der Waals surface area contributed by atoms with Crippen molar-refractivity contribution in [2.75, 3.05) is 37.3 Å². The molecule has 1 aliphatic heterocycles. The van der Waals surface area contributed by atoms with E-state index in [1.165, 1.54) is 33.3 Å². The molecule has 1 atom stereocenters. The first kappa shape index (κ1) is 22.5. The number of benzene rings is 1. The first-order valence-electron chi connectivity index (χ1n) is 11.2. The molecule has 0 spiro atoms. The van der Waals surface area contributed by atoms with E-state index < -0.39 is 0 Å². The molecule has 1 unspecified atom stereocenters. The highest BCUT2D eigenvalue weighted by molar-refractivity contribution is 14.1. The van der Waals surface area contributed by atoms with Crippen LogP contribution in [0.2, 0.25) is 0 Å². The topological polar surface area (TPSA) is 50.1 Å². The zero-order valence-electron chi connectivity index (χ0n) is 18.6. The van der Waals surface area contributed by atoms with E-state index in [2.05, 4.69) is 57.7 Å². The number of anilines is 1. The third-order valence-electron chi connectivity index (χ3n) is 6.81. The Morgan fingerprint density at radius 3 is 2.75 bits per heavy atom. The molecule has 1 saturated heterocycles. The number of rotatable bonds is 4. The van der Waals surface area contributed by atoms with Crippen LogP contribution >= 0.6 is 34.1 Å². The lowest BCUT2D eigenvalue weighted by Gasteiger charge is -2.35. The molecule has 2 aromatic heterocycles. The monoisotopic (exact) mass is 555 g/mol. The van der Waals surface area contributed by atoms with Crippen molar-refractivity contribution in [2.24, 2.45) is 0 Å². The van der Waals surface area contributed by atoms with Crippen molar-refractivity contribution in [3.8, 4) is 0 Å². The van der Waals surface area contributed by atoms with Crippen LogP contribution in [0.3, 0.4) is 0 Å². The largest absolute Gasteiger partial charge is 0.359 e. The summed E-state index contributed by atoms with van der Waals surface area (Å²) in [4.78, 5) is 14.3. The van der Waals surface area contributed by atoms with Crippen LogP contribution in [0, 0.1) is 6.92 Å². The number of hydrogen-bond donors (Lipinski definition) is 0. The maximum Gasteiger partial charge on any atom is 0.359 e. The molecule has 1 aromatic carbocycles. The van der Waals surface area contributed by atoms with Crippen LogP contribution in [0.15, 0.2) is 23.5 Å². The Kier molecular flexibility index (Phi) is 6.72. The molecule has 32 heavy (non-hydrogen) atoms. The van der Waals surface area contributed by atoms with Gasteiger partial charge in [-0.05, 0) is 62.0 Å². The minimum atomic E-state index is 0.435. The molecular formula is C22H26B2IN6S. The van der Waals surface area contributed by atoms with Gasteiger partial charge in [-0.25, -0.2) is 9.97 Å². The molecular weight excluding hydrogens is 529 g/mol. The summed E-state index contributed by atoms with van der Waals surface area (Å²) in [5.41, 5.74) is 6.52. The molecule has 163 valence electrons. The molecule has 3 radical (unpaired) electrons. The zero-order valence-corrected chi connectivity index (χ0v) is 21.6. The predicted molar refractivity (Wildman–Crippen MR) is 142 cm³/mol. The van der Waals surface area contributed by atoms with Crippen molar-refractivity contribution in [1.82, 2.24) is 24.5 Å². The van der Waals surface area contributed by atoms with E-state index in [-0.39, 0.29) is 0 Å². The Morgan fingerprint density at radius 1 is 1.19 bits per heavy atom. The second-order valence-electron chi connectivity index (χ2n) is 8.69. The van der Waals surface area contributed by atoms with E-state index in [1.54, 1.807) is 11.8 Å². The summed E-state index contributed by atoms with van der Waals surface area (Å²) in [6.07, 6.45) is 8.38. The zero-order chi connectivity index (χ0) is 22.2. The van der Waals surface area contributed by atoms with Crippen molar-refractivity contribution in [1.29, 1.82) is 0 Å². The number of hydrogen-bond acceptors (Lipinski definition) is 6. The summed E-state index contributed by atoms with van der Waals surface area (Å²) in [7, 11) is 6.01. The van der Waals surface area contributed by atoms with Gasteiger partial charge in [0.2, 0.25) is 0 Å². The number of fused-ring (bicyclic) bond motifs is 2. The minimum absolute atomic E-state index is 0.435. The van der Waals surface area contributed by atoms with Gasteiger partial charge in [0.05, 0.1) is 17.4 Å². The molecule has 5 rings (SSSR count). The van der Waals surface area contributed by atoms with Crippen molar-refractivity contribution in [3.05, 3.63) is 40.7 Å². The first-order valence-corrected chi connectivity index (χ1v) is 13.6. The van der Waals surface area contributed by atoms with Crippen LogP contribution in [-0.2, 0) is 12.8 Å². The van der Waals surface area contributed by atoms with Gasteiger partial charge in [0, 0.05) is 37.1 Å². The second-order valence-corrected chi connectivity index (χ2v) is 10.0. The highest BCUT2D eigenvalue weighted by Crippen LogP contribution is 2.39. The molecule has 0 N–H and O–H groups in total. The van der Waals surface area contributed by atoms with E-state index in [1.807, 2.05) is 20.9 Å². The molecule has 10 heteroatoms. The molecule has 0 saturated carbocycles. The lowest BCUT2D eigenvalue weighted by molar-refractivity contribution is 0.412. The van der Waals surface area contributed by atoms with E-state index in [9.17, 15) is 0 Å². The van der Waals surface area contributed by atoms with E-state index in [4.69, 9.17) is 17.9 Å². The average Bonchev–Trinajstić information content (AvgIpc) is 3.10. The predicted octanol–water partition coefficient (Wildman–Crippen LogP) is 3.54. The van der Waals surface area contributed by atoms with Gasteiger partial charge in [-0.3, -0.25) is 0 Å². The SMILES string of the molecule is [B]N1CCN(c2nc(SC)nc3c2CCCC(c2c(C)ccc4c2cnn4[B]I)C3)CC1. The minimum Gasteiger partial charge on any atom is -0.354 e. The Hall–Kier alpha value is -1.26. The standard InChI is InChI=1S/C22H26B2IN6S/c1-14-6-7-19-17(13-26-31(19)24-25)20(14)15-4-3-5-16-18(12-15)27-22(32-2)28-21(16)29-8-10-30(23)11-9-29/h6-7,13,15H,3-5,8-12H2,1-2H3. The highest BCUT2D eigenvalue weighted by atomic mass is 127. The molecule has 0 bridgehead atoms. The van der Waals surface area contributed by atoms with Crippen molar-refractivity contribution in [2.45, 2.75) is 43.7 Å². The normalized spacial score (nSPS) is 19.7. The number of halogens is 1. The fraction of sp³-hybridized carbons (Fsp3) is 0.500. The van der Waals surface area contributed by atoms with Gasteiger partial charge in [-0.2, -0.15) is 5.10 Å². The third kappa shape index (κ3) is 4.18. The van der Waals surface area contributed by atoms with E-state index >= 15 is 0 Å². The molecule has 6 nitrogen and oxygen atoms in total. The summed E-state index contributed by atoms with van der Waals surface area (Å²) < 4.78 is 1.96. The quantitative estimate of drug-likeness (QED) is 0.162. The van der Waals surface area contributed by atoms with Gasteiger partial charge >= 0.3 is 5.27 Å². The molecule has 3 aromatic rings. The number of aromatic nitrogens is 4. The Bertz CT molecular complexity index is 1130. The number of nitrogens with zero attached hydrogens (tertiary/aromatic N) is 6. The number of piperazine rings is 1. The molecule has 3 heterocycles. The Balaban J connectivity index is 1.55. The van der Waals surface area contributed by atoms with E-state index in [0.717, 1.165) is 62.8 Å². The summed E-state index contributed by atoms with van der Waals surface area (Å²) >= 11 is 3.89. The summed E-state index contributed by atoms with van der Waals surface area (Å²) in [6.45, 7) is 5.81. The van der Waals surface area contributed by atoms with Crippen molar-refractivity contribution in [3.63, 3.8) is 0 Å². The van der Waals surface area contributed by atoms with Gasteiger partial charge in [-0.15, -0.1) is 22.4 Å². The van der Waals surface area contributed by atoms with Gasteiger partial charge in [0.15, 0.2) is 13.1 Å². The van der Waals surface area contributed by atoms with Gasteiger partial charge in [0.25, 0.3) is 0 Å². The highest BCUT2D eigenvalue weighted by Gasteiger charge is 2.28. The lowest BCUT2D eigenvalue weighted by Crippen LogP contribution is -2.46. The third-order valence-corrected chi connectivity index (χ3v) is 7.88. The van der Waals surface area contributed by atoms with Gasteiger partial charge in [-0.1, -0.05) is 17.8 Å². The van der Waals surface area contributed by atoms with E-state index in [0.29, 0.717) is 5.92 Å². The van der Waals surface area contributed by atoms with Gasteiger partial charge in [0.1, 0.15) is 5.82 Å².